The SMILES string of the molecule is CCOC(=O)C1(Cl)CCN(Cc2cccc(Oc3ccccc3)c2)C1=O. The van der Waals surface area contributed by atoms with E-state index >= 15 is 0 Å². The molecule has 1 fully saturated rings. The predicted molar refractivity (Wildman–Crippen MR) is 98.2 cm³/mol. The molecule has 5 nitrogen and oxygen atoms in total. The molecule has 6 heteroatoms. The first-order valence-corrected chi connectivity index (χ1v) is 8.88. The number of halogens is 1. The first-order valence-electron chi connectivity index (χ1n) is 8.50. The zero-order chi connectivity index (χ0) is 18.6. The molecular weight excluding hydrogens is 354 g/mol. The second kappa shape index (κ2) is 7.79. The third kappa shape index (κ3) is 3.83. The smallest absolute Gasteiger partial charge is 0.337 e. The highest BCUT2D eigenvalue weighted by molar-refractivity contribution is 6.46. The van der Waals surface area contributed by atoms with Crippen molar-refractivity contribution in [1.82, 2.24) is 4.90 Å². The molecule has 3 rings (SSSR count). The van der Waals surface area contributed by atoms with E-state index in [0.29, 0.717) is 18.8 Å². The van der Waals surface area contributed by atoms with Crippen LogP contribution in [0.5, 0.6) is 11.5 Å². The molecule has 1 aliphatic heterocycles. The number of likely N-dealkylation sites (tertiary alicyclic amines) is 1. The molecule has 0 radical (unpaired) electrons. The fourth-order valence-corrected chi connectivity index (χ4v) is 3.14. The molecule has 1 amide bonds. The van der Waals surface area contributed by atoms with Crippen LogP contribution >= 0.6 is 11.6 Å². The minimum absolute atomic E-state index is 0.194. The van der Waals surface area contributed by atoms with E-state index in [1.54, 1.807) is 11.8 Å². The number of benzene rings is 2. The molecule has 0 aliphatic carbocycles. The summed E-state index contributed by atoms with van der Waals surface area (Å²) in [7, 11) is 0. The monoisotopic (exact) mass is 373 g/mol. The van der Waals surface area contributed by atoms with Crippen molar-refractivity contribution in [1.29, 1.82) is 0 Å². The van der Waals surface area contributed by atoms with Gasteiger partial charge in [-0.1, -0.05) is 41.9 Å². The molecule has 1 atom stereocenters. The Morgan fingerprint density at radius 3 is 2.62 bits per heavy atom. The number of hydrogen-bond donors (Lipinski definition) is 0. The first-order chi connectivity index (χ1) is 12.5. The molecule has 1 unspecified atom stereocenters. The number of rotatable bonds is 6. The molecule has 26 heavy (non-hydrogen) atoms. The Morgan fingerprint density at radius 2 is 1.88 bits per heavy atom. The maximum Gasteiger partial charge on any atom is 0.337 e. The van der Waals surface area contributed by atoms with E-state index < -0.39 is 16.8 Å². The molecule has 0 saturated carbocycles. The average molecular weight is 374 g/mol. The van der Waals surface area contributed by atoms with Crippen molar-refractivity contribution in [3.05, 3.63) is 60.2 Å². The van der Waals surface area contributed by atoms with Crippen LogP contribution in [0.2, 0.25) is 0 Å². The summed E-state index contributed by atoms with van der Waals surface area (Å²) >= 11 is 6.26. The normalized spacial score (nSPS) is 19.5. The van der Waals surface area contributed by atoms with E-state index in [1.165, 1.54) is 0 Å². The van der Waals surface area contributed by atoms with Gasteiger partial charge in [-0.05, 0) is 36.8 Å². The van der Waals surface area contributed by atoms with E-state index in [0.717, 1.165) is 11.3 Å². The van der Waals surface area contributed by atoms with Gasteiger partial charge >= 0.3 is 5.97 Å². The number of ether oxygens (including phenoxy) is 2. The van der Waals surface area contributed by atoms with Gasteiger partial charge in [-0.2, -0.15) is 0 Å². The summed E-state index contributed by atoms with van der Waals surface area (Å²) in [5, 5.41) is 0. The Bertz CT molecular complexity index is 795. The van der Waals surface area contributed by atoms with Crippen molar-refractivity contribution in [2.24, 2.45) is 0 Å². The van der Waals surface area contributed by atoms with Crippen molar-refractivity contribution in [2.45, 2.75) is 24.8 Å². The van der Waals surface area contributed by atoms with Crippen molar-refractivity contribution >= 4 is 23.5 Å². The van der Waals surface area contributed by atoms with Gasteiger partial charge in [0.2, 0.25) is 4.87 Å². The zero-order valence-corrected chi connectivity index (χ0v) is 15.2. The minimum Gasteiger partial charge on any atom is -0.464 e. The lowest BCUT2D eigenvalue weighted by Crippen LogP contribution is -2.43. The molecular formula is C20H20ClNO4. The van der Waals surface area contributed by atoms with Gasteiger partial charge in [0, 0.05) is 19.5 Å². The Hall–Kier alpha value is -2.53. The molecule has 1 aliphatic rings. The molecule has 0 spiro atoms. The van der Waals surface area contributed by atoms with E-state index in [1.807, 2.05) is 54.6 Å². The van der Waals surface area contributed by atoms with Crippen LogP contribution in [0.25, 0.3) is 0 Å². The number of carbonyl (C=O) groups is 2. The molecule has 0 bridgehead atoms. The number of hydrogen-bond acceptors (Lipinski definition) is 4. The largest absolute Gasteiger partial charge is 0.464 e. The molecule has 136 valence electrons. The van der Waals surface area contributed by atoms with Crippen molar-refractivity contribution in [2.75, 3.05) is 13.2 Å². The van der Waals surface area contributed by atoms with Gasteiger partial charge in [-0.15, -0.1) is 0 Å². The van der Waals surface area contributed by atoms with Crippen LogP contribution in [0, 0.1) is 0 Å². The quantitative estimate of drug-likeness (QED) is 0.439. The standard InChI is InChI=1S/C20H20ClNO4/c1-2-25-19(24)20(21)11-12-22(18(20)23)14-15-7-6-10-17(13-15)26-16-8-4-3-5-9-16/h3-10,13H,2,11-12,14H2,1H3. The second-order valence-corrected chi connectivity index (χ2v) is 6.71. The fraction of sp³-hybridized carbons (Fsp3) is 0.300. The highest BCUT2D eigenvalue weighted by Gasteiger charge is 2.52. The number of carbonyl (C=O) groups excluding carboxylic acids is 2. The average Bonchev–Trinajstić information content (AvgIpc) is 2.93. The van der Waals surface area contributed by atoms with Gasteiger partial charge in [-0.25, -0.2) is 4.79 Å². The molecule has 2 aromatic carbocycles. The summed E-state index contributed by atoms with van der Waals surface area (Å²) < 4.78 is 10.8. The van der Waals surface area contributed by atoms with Crippen LogP contribution in [0.15, 0.2) is 54.6 Å². The van der Waals surface area contributed by atoms with Crippen molar-refractivity contribution in [3.63, 3.8) is 0 Å². The van der Waals surface area contributed by atoms with Gasteiger partial charge in [0.05, 0.1) is 6.61 Å². The predicted octanol–water partition coefficient (Wildman–Crippen LogP) is 3.75. The number of nitrogens with zero attached hydrogens (tertiary/aromatic N) is 1. The molecule has 1 heterocycles. The topological polar surface area (TPSA) is 55.8 Å². The summed E-state index contributed by atoms with van der Waals surface area (Å²) in [4.78, 5) is 24.6. The summed E-state index contributed by atoms with van der Waals surface area (Å²) in [5.41, 5.74) is 0.900. The summed E-state index contributed by atoms with van der Waals surface area (Å²) in [6, 6.07) is 17.0. The van der Waals surface area contributed by atoms with Crippen LogP contribution in [0.4, 0.5) is 0 Å². The molecule has 0 aromatic heterocycles. The highest BCUT2D eigenvalue weighted by atomic mass is 35.5. The number of amides is 1. The van der Waals surface area contributed by atoms with Gasteiger partial charge in [0.1, 0.15) is 11.5 Å². The van der Waals surface area contributed by atoms with Gasteiger partial charge < -0.3 is 14.4 Å². The molecule has 2 aromatic rings. The summed E-state index contributed by atoms with van der Waals surface area (Å²) in [6.07, 6.45) is 0.242. The van der Waals surface area contributed by atoms with Crippen molar-refractivity contribution < 1.29 is 19.1 Å². The highest BCUT2D eigenvalue weighted by Crippen LogP contribution is 2.33. The zero-order valence-electron chi connectivity index (χ0n) is 14.5. The Balaban J connectivity index is 1.69. The van der Waals surface area contributed by atoms with Crippen LogP contribution in [-0.2, 0) is 20.9 Å². The fourth-order valence-electron chi connectivity index (χ4n) is 2.89. The minimum atomic E-state index is -1.60. The van der Waals surface area contributed by atoms with Crippen LogP contribution < -0.4 is 4.74 Å². The van der Waals surface area contributed by atoms with Crippen LogP contribution in [0.3, 0.4) is 0 Å². The number of alkyl halides is 1. The summed E-state index contributed by atoms with van der Waals surface area (Å²) in [6.45, 7) is 2.65. The summed E-state index contributed by atoms with van der Waals surface area (Å²) in [5.74, 6) is 0.342. The number of esters is 1. The van der Waals surface area contributed by atoms with Gasteiger partial charge in [-0.3, -0.25) is 4.79 Å². The maximum absolute atomic E-state index is 12.6. The molecule has 1 saturated heterocycles. The van der Waals surface area contributed by atoms with E-state index in [9.17, 15) is 9.59 Å². The van der Waals surface area contributed by atoms with E-state index in [2.05, 4.69) is 0 Å². The molecule has 0 N–H and O–H groups in total. The number of para-hydroxylation sites is 1. The lowest BCUT2D eigenvalue weighted by Gasteiger charge is -2.20. The van der Waals surface area contributed by atoms with Gasteiger partial charge in [0.15, 0.2) is 0 Å². The van der Waals surface area contributed by atoms with Crippen LogP contribution in [0.1, 0.15) is 18.9 Å². The third-order valence-corrected chi connectivity index (χ3v) is 4.71. The van der Waals surface area contributed by atoms with E-state index in [-0.39, 0.29) is 13.0 Å². The Morgan fingerprint density at radius 1 is 1.15 bits per heavy atom. The van der Waals surface area contributed by atoms with Crippen LogP contribution in [-0.4, -0.2) is 34.8 Å². The van der Waals surface area contributed by atoms with E-state index in [4.69, 9.17) is 21.1 Å². The van der Waals surface area contributed by atoms with Crippen molar-refractivity contribution in [3.8, 4) is 11.5 Å². The van der Waals surface area contributed by atoms with Gasteiger partial charge in [0.25, 0.3) is 5.91 Å². The first kappa shape index (κ1) is 18.3. The Labute approximate surface area is 157 Å². The third-order valence-electron chi connectivity index (χ3n) is 4.20. The maximum atomic E-state index is 12.6. The lowest BCUT2D eigenvalue weighted by molar-refractivity contribution is -0.150. The Kier molecular flexibility index (Phi) is 5.47. The second-order valence-electron chi connectivity index (χ2n) is 6.06. The lowest BCUT2D eigenvalue weighted by atomic mass is 10.1.